The number of rotatable bonds is 6. The van der Waals surface area contributed by atoms with Gasteiger partial charge in [0.1, 0.15) is 16.9 Å². The van der Waals surface area contributed by atoms with Crippen molar-refractivity contribution in [1.82, 2.24) is 29.3 Å². The second-order valence-corrected chi connectivity index (χ2v) is 10.9. The Hall–Kier alpha value is -3.63. The molecule has 1 N–H and O–H groups in total. The zero-order valence-electron chi connectivity index (χ0n) is 22.6. The number of imidazole rings is 1. The fourth-order valence-corrected chi connectivity index (χ4v) is 6.12. The largest absolute Gasteiger partial charge is 0.494 e. The smallest absolute Gasteiger partial charge is 0.254 e. The van der Waals surface area contributed by atoms with Crippen LogP contribution in [0.15, 0.2) is 30.3 Å². The van der Waals surface area contributed by atoms with E-state index in [-0.39, 0.29) is 18.1 Å². The van der Waals surface area contributed by atoms with Crippen molar-refractivity contribution < 1.29 is 19.0 Å². The van der Waals surface area contributed by atoms with Gasteiger partial charge in [-0.25, -0.2) is 4.98 Å². The summed E-state index contributed by atoms with van der Waals surface area (Å²) < 4.78 is 21.5. The number of aromatic nitrogens is 4. The Morgan fingerprint density at radius 3 is 2.79 bits per heavy atom. The molecule has 3 aromatic heterocycles. The number of methoxy groups -OCH3 is 2. The Labute approximate surface area is 226 Å². The average Bonchev–Trinajstić information content (AvgIpc) is 3.65. The van der Waals surface area contributed by atoms with Crippen LogP contribution in [0.5, 0.6) is 11.6 Å². The lowest BCUT2D eigenvalue weighted by molar-refractivity contribution is -0.0383. The topological polar surface area (TPSA) is 95.7 Å². The van der Waals surface area contributed by atoms with Gasteiger partial charge in [0.25, 0.3) is 5.91 Å². The van der Waals surface area contributed by atoms with Gasteiger partial charge in [-0.2, -0.15) is 4.98 Å². The number of carbonyl (C=O) groups is 1. The first-order valence-electron chi connectivity index (χ1n) is 13.8. The Morgan fingerprint density at radius 1 is 1.13 bits per heavy atom. The Bertz CT molecular complexity index is 1570. The first kappa shape index (κ1) is 24.4. The maximum Gasteiger partial charge on any atom is 0.254 e. The van der Waals surface area contributed by atoms with Crippen molar-refractivity contribution in [3.63, 3.8) is 0 Å². The predicted octanol–water partition coefficient (Wildman–Crippen LogP) is 3.22. The maximum absolute atomic E-state index is 13.7. The number of piperidine rings is 1. The van der Waals surface area contributed by atoms with Gasteiger partial charge in [0.15, 0.2) is 5.82 Å². The standard InChI is InChI=1S/C29H34N6O4/c1-33-26-20(12-19(14-24(26)37-2)29(36)34-10-8-23-21(16-34)30-9-11-39-23)31-28(33)22-13-18-6-7-25(38-3)32-27(18)35(22)15-17-4-5-17/h6-7,12-14,17,21,23,30H,4-5,8-11,15-16H2,1-3H3. The number of hydrogen-bond acceptors (Lipinski definition) is 7. The first-order valence-corrected chi connectivity index (χ1v) is 13.8. The van der Waals surface area contributed by atoms with Gasteiger partial charge >= 0.3 is 0 Å². The van der Waals surface area contributed by atoms with Crippen LogP contribution in [0, 0.1) is 5.92 Å². The summed E-state index contributed by atoms with van der Waals surface area (Å²) in [4.78, 5) is 25.4. The zero-order chi connectivity index (χ0) is 26.7. The SMILES string of the molecule is COc1ccc2cc(-c3nc4cc(C(=O)N5CCC6OCCNC6C5)cc(OC)c4n3C)n(CC3CC3)c2n1. The maximum atomic E-state index is 13.7. The van der Waals surface area contributed by atoms with Crippen molar-refractivity contribution in [3.8, 4) is 23.1 Å². The van der Waals surface area contributed by atoms with Crippen LogP contribution in [0.25, 0.3) is 33.6 Å². The number of aryl methyl sites for hydroxylation is 1. The number of benzene rings is 1. The van der Waals surface area contributed by atoms with Crippen LogP contribution in [0.3, 0.4) is 0 Å². The Balaban J connectivity index is 1.29. The van der Waals surface area contributed by atoms with Gasteiger partial charge in [-0.15, -0.1) is 0 Å². The third kappa shape index (κ3) is 4.22. The van der Waals surface area contributed by atoms with E-state index in [0.717, 1.165) is 59.7 Å². The molecule has 2 aliphatic heterocycles. The van der Waals surface area contributed by atoms with E-state index < -0.39 is 0 Å². The second-order valence-electron chi connectivity index (χ2n) is 10.9. The highest BCUT2D eigenvalue weighted by Gasteiger charge is 2.34. The molecule has 1 aromatic carbocycles. The number of pyridine rings is 1. The van der Waals surface area contributed by atoms with Crippen molar-refractivity contribution in [2.75, 3.05) is 40.5 Å². The molecule has 0 spiro atoms. The molecule has 10 nitrogen and oxygen atoms in total. The monoisotopic (exact) mass is 530 g/mol. The number of morpholine rings is 1. The highest BCUT2D eigenvalue weighted by molar-refractivity contribution is 6.00. The van der Waals surface area contributed by atoms with E-state index in [9.17, 15) is 4.79 Å². The van der Waals surface area contributed by atoms with Crippen molar-refractivity contribution in [2.24, 2.45) is 13.0 Å². The summed E-state index contributed by atoms with van der Waals surface area (Å²) in [6.07, 6.45) is 3.46. The van der Waals surface area contributed by atoms with Gasteiger partial charge in [-0.3, -0.25) is 4.79 Å². The van der Waals surface area contributed by atoms with Gasteiger partial charge in [0.2, 0.25) is 5.88 Å². The number of likely N-dealkylation sites (tertiary alicyclic amines) is 1. The fraction of sp³-hybridized carbons (Fsp3) is 0.483. The summed E-state index contributed by atoms with van der Waals surface area (Å²) in [5, 5.41) is 4.55. The summed E-state index contributed by atoms with van der Waals surface area (Å²) in [5.41, 5.74) is 4.08. The molecule has 2 atom stereocenters. The average molecular weight is 531 g/mol. The lowest BCUT2D eigenvalue weighted by Crippen LogP contribution is -2.59. The van der Waals surface area contributed by atoms with E-state index in [2.05, 4.69) is 20.5 Å². The molecule has 3 aliphatic rings. The molecule has 10 heteroatoms. The highest BCUT2D eigenvalue weighted by atomic mass is 16.5. The molecule has 2 saturated heterocycles. The molecular formula is C29H34N6O4. The molecule has 1 amide bonds. The Morgan fingerprint density at radius 2 is 2.00 bits per heavy atom. The Kier molecular flexibility index (Phi) is 5.97. The van der Waals surface area contributed by atoms with Crippen LogP contribution in [-0.2, 0) is 18.3 Å². The summed E-state index contributed by atoms with van der Waals surface area (Å²) in [5.74, 6) is 2.69. The van der Waals surface area contributed by atoms with E-state index in [1.165, 1.54) is 12.8 Å². The highest BCUT2D eigenvalue weighted by Crippen LogP contribution is 2.38. The van der Waals surface area contributed by atoms with E-state index >= 15 is 0 Å². The van der Waals surface area contributed by atoms with E-state index in [1.54, 1.807) is 14.2 Å². The minimum Gasteiger partial charge on any atom is -0.494 e. The molecule has 0 bridgehead atoms. The lowest BCUT2D eigenvalue weighted by Gasteiger charge is -2.41. The summed E-state index contributed by atoms with van der Waals surface area (Å²) >= 11 is 0. The number of nitrogens with zero attached hydrogens (tertiary/aromatic N) is 5. The number of amides is 1. The van der Waals surface area contributed by atoms with Gasteiger partial charge in [0, 0.05) is 50.2 Å². The number of carbonyl (C=O) groups excluding carboxylic acids is 1. The van der Waals surface area contributed by atoms with E-state index in [4.69, 9.17) is 24.2 Å². The van der Waals surface area contributed by atoms with Crippen molar-refractivity contribution >= 4 is 28.0 Å². The van der Waals surface area contributed by atoms with Crippen molar-refractivity contribution in [1.29, 1.82) is 0 Å². The van der Waals surface area contributed by atoms with Crippen LogP contribution >= 0.6 is 0 Å². The number of ether oxygens (including phenoxy) is 3. The van der Waals surface area contributed by atoms with Crippen LogP contribution in [-0.4, -0.2) is 82.5 Å². The van der Waals surface area contributed by atoms with Crippen LogP contribution < -0.4 is 14.8 Å². The van der Waals surface area contributed by atoms with Crippen LogP contribution in [0.4, 0.5) is 0 Å². The van der Waals surface area contributed by atoms with Gasteiger partial charge in [-0.05, 0) is 49.4 Å². The molecule has 3 fully saturated rings. The van der Waals surface area contributed by atoms with Crippen molar-refractivity contribution in [3.05, 3.63) is 35.9 Å². The van der Waals surface area contributed by atoms with Gasteiger partial charge in [0.05, 0.1) is 44.2 Å². The molecule has 5 heterocycles. The quantitative estimate of drug-likeness (QED) is 0.409. The van der Waals surface area contributed by atoms with Gasteiger partial charge < -0.3 is 33.6 Å². The molecule has 7 rings (SSSR count). The molecule has 39 heavy (non-hydrogen) atoms. The van der Waals surface area contributed by atoms with Crippen LogP contribution in [0.2, 0.25) is 0 Å². The lowest BCUT2D eigenvalue weighted by atomic mass is 9.99. The number of nitrogens with one attached hydrogen (secondary N) is 1. The molecule has 4 aromatic rings. The summed E-state index contributed by atoms with van der Waals surface area (Å²) in [6.45, 7) is 3.74. The van der Waals surface area contributed by atoms with E-state index in [0.29, 0.717) is 36.2 Å². The second kappa shape index (κ2) is 9.53. The minimum atomic E-state index is -0.00707. The third-order valence-electron chi connectivity index (χ3n) is 8.37. The molecule has 1 aliphatic carbocycles. The minimum absolute atomic E-state index is 0.00707. The normalized spacial score (nSPS) is 21.4. The summed E-state index contributed by atoms with van der Waals surface area (Å²) in [7, 11) is 5.29. The number of fused-ring (bicyclic) bond motifs is 3. The zero-order valence-corrected chi connectivity index (χ0v) is 22.6. The third-order valence-corrected chi connectivity index (χ3v) is 8.37. The molecule has 1 saturated carbocycles. The molecule has 0 radical (unpaired) electrons. The van der Waals surface area contributed by atoms with Crippen molar-refractivity contribution in [2.45, 2.75) is 38.0 Å². The first-order chi connectivity index (χ1) is 19.0. The van der Waals surface area contributed by atoms with E-state index in [1.807, 2.05) is 36.2 Å². The fourth-order valence-electron chi connectivity index (χ4n) is 6.12. The number of hydrogen-bond donors (Lipinski definition) is 1. The molecule has 2 unspecified atom stereocenters. The van der Waals surface area contributed by atoms with Crippen LogP contribution in [0.1, 0.15) is 29.6 Å². The summed E-state index contributed by atoms with van der Waals surface area (Å²) in [6, 6.07) is 10.00. The molecule has 204 valence electrons. The molecular weight excluding hydrogens is 496 g/mol. The van der Waals surface area contributed by atoms with Gasteiger partial charge in [-0.1, -0.05) is 0 Å². The predicted molar refractivity (Wildman–Crippen MR) is 147 cm³/mol.